The van der Waals surface area contributed by atoms with E-state index >= 15 is 0 Å². The Morgan fingerprint density at radius 1 is 0.452 bits per heavy atom. The fourth-order valence-corrected chi connectivity index (χ4v) is 3.04. The first kappa shape index (κ1) is 30.5. The van der Waals surface area contributed by atoms with Crippen LogP contribution in [-0.4, -0.2) is 102 Å². The van der Waals surface area contributed by atoms with E-state index in [0.29, 0.717) is 12.8 Å². The highest BCUT2D eigenvalue weighted by molar-refractivity contribution is 5.00. The van der Waals surface area contributed by atoms with E-state index in [-0.39, 0.29) is 12.8 Å². The Morgan fingerprint density at radius 3 is 1.16 bits per heavy atom. The summed E-state index contributed by atoms with van der Waals surface area (Å²) in [5.41, 5.74) is 0. The van der Waals surface area contributed by atoms with Crippen LogP contribution in [0.25, 0.3) is 0 Å². The number of aliphatic hydroxyl groups is 13. The average Bonchev–Trinajstić information content (AvgIpc) is 2.60. The maximum absolute atomic E-state index is 9.80. The Labute approximate surface area is 179 Å². The summed E-state index contributed by atoms with van der Waals surface area (Å²) in [5.74, 6) is -20.4. The second-order valence-corrected chi connectivity index (χ2v) is 8.07. The summed E-state index contributed by atoms with van der Waals surface area (Å²) < 4.78 is 0. The molecule has 0 aromatic rings. The van der Waals surface area contributed by atoms with Crippen molar-refractivity contribution in [3.05, 3.63) is 0 Å². The van der Waals surface area contributed by atoms with Gasteiger partial charge in [0.25, 0.3) is 17.5 Å². The monoisotopic (exact) mass is 462 g/mol. The maximum Gasteiger partial charge on any atom is 0.338 e. The van der Waals surface area contributed by atoms with Crippen molar-refractivity contribution in [2.24, 2.45) is 0 Å². The molecule has 0 spiro atoms. The van der Waals surface area contributed by atoms with Gasteiger partial charge in [-0.1, -0.05) is 57.8 Å². The van der Waals surface area contributed by atoms with E-state index in [0.717, 1.165) is 44.9 Å². The molecule has 1 unspecified atom stereocenters. The normalized spacial score (nSPS) is 15.4. The fraction of sp³-hybridized carbons (Fsp3) is 1.00. The van der Waals surface area contributed by atoms with Crippen molar-refractivity contribution >= 4 is 0 Å². The minimum Gasteiger partial charge on any atom is -0.387 e. The molecule has 0 aromatic carbocycles. The Hall–Kier alpha value is -0.520. The zero-order valence-corrected chi connectivity index (χ0v) is 17.4. The number of hydrogen-bond acceptors (Lipinski definition) is 13. The van der Waals surface area contributed by atoms with Crippen molar-refractivity contribution in [1.29, 1.82) is 0 Å². The molecule has 0 amide bonds. The molecule has 0 aliphatic heterocycles. The zero-order valence-electron chi connectivity index (χ0n) is 17.4. The second kappa shape index (κ2) is 12.1. The van der Waals surface area contributed by atoms with Gasteiger partial charge in [0, 0.05) is 6.42 Å². The maximum atomic E-state index is 9.80. The fourth-order valence-electron chi connectivity index (χ4n) is 3.04. The van der Waals surface area contributed by atoms with E-state index in [1.54, 1.807) is 0 Å². The third-order valence-corrected chi connectivity index (χ3v) is 5.17. The molecule has 1 atom stereocenters. The zero-order chi connectivity index (χ0) is 24.6. The molecule has 0 heterocycles. The Balaban J connectivity index is 4.10. The van der Waals surface area contributed by atoms with E-state index in [9.17, 15) is 35.7 Å². The third kappa shape index (κ3) is 9.47. The predicted octanol–water partition coefficient (Wildman–Crippen LogP) is -3.67. The highest BCUT2D eigenvalue weighted by Crippen LogP contribution is 2.36. The van der Waals surface area contributed by atoms with Gasteiger partial charge in [-0.3, -0.25) is 0 Å². The number of rotatable bonds is 17. The summed E-state index contributed by atoms with van der Waals surface area (Å²) in [6.45, 7) is 0. The van der Waals surface area contributed by atoms with Crippen molar-refractivity contribution in [2.75, 3.05) is 0 Å². The molecule has 31 heavy (non-hydrogen) atoms. The lowest BCUT2D eigenvalue weighted by Gasteiger charge is -2.46. The summed E-state index contributed by atoms with van der Waals surface area (Å²) in [4.78, 5) is 0. The van der Waals surface area contributed by atoms with Crippen LogP contribution in [-0.2, 0) is 0 Å². The smallest absolute Gasteiger partial charge is 0.338 e. The van der Waals surface area contributed by atoms with E-state index in [1.165, 1.54) is 0 Å². The summed E-state index contributed by atoms with van der Waals surface area (Å²) >= 11 is 0. The standard InChI is InChI=1S/C18H38O13/c19-13(15(23,24)16(25,26)17(27,28)18(29,30)31)11-9-7-5-3-1-2-4-6-8-10-12-14(20,21)22/h13,19-31H,1-12H2. The van der Waals surface area contributed by atoms with Crippen LogP contribution in [0.3, 0.4) is 0 Å². The van der Waals surface area contributed by atoms with Crippen molar-refractivity contribution < 1.29 is 66.4 Å². The quantitative estimate of drug-likeness (QED) is 0.0734. The molecule has 0 saturated heterocycles. The van der Waals surface area contributed by atoms with Gasteiger partial charge in [-0.25, -0.2) is 0 Å². The molecule has 0 rings (SSSR count). The van der Waals surface area contributed by atoms with Crippen LogP contribution in [0.5, 0.6) is 0 Å². The Bertz CT molecular complexity index is 494. The van der Waals surface area contributed by atoms with Crippen molar-refractivity contribution in [3.8, 4) is 0 Å². The van der Waals surface area contributed by atoms with Gasteiger partial charge in [0.1, 0.15) is 6.10 Å². The number of unbranched alkanes of at least 4 members (excludes halogenated alkanes) is 9. The van der Waals surface area contributed by atoms with Gasteiger partial charge >= 0.3 is 11.8 Å². The summed E-state index contributed by atoms with van der Waals surface area (Å²) in [5, 5.41) is 120. The van der Waals surface area contributed by atoms with Gasteiger partial charge in [-0.2, -0.15) is 0 Å². The highest BCUT2D eigenvalue weighted by Gasteiger charge is 2.72. The summed E-state index contributed by atoms with van der Waals surface area (Å²) in [7, 11) is 0. The van der Waals surface area contributed by atoms with E-state index in [1.807, 2.05) is 0 Å². The molecule has 0 fully saturated rings. The van der Waals surface area contributed by atoms with Gasteiger partial charge in [0.2, 0.25) is 0 Å². The van der Waals surface area contributed by atoms with Crippen molar-refractivity contribution in [2.45, 2.75) is 112 Å². The predicted molar refractivity (Wildman–Crippen MR) is 102 cm³/mol. The number of hydrogen-bond donors (Lipinski definition) is 13. The van der Waals surface area contributed by atoms with E-state index in [2.05, 4.69) is 0 Å². The molecule has 0 saturated carbocycles. The van der Waals surface area contributed by atoms with Crippen LogP contribution in [0.1, 0.15) is 77.0 Å². The first-order valence-electron chi connectivity index (χ1n) is 10.2. The molecule has 188 valence electrons. The SMILES string of the molecule is OC(CCCCCCCCCCCCC(O)(O)O)C(O)(O)C(O)(O)C(O)(O)C(O)(O)O. The molecule has 13 N–H and O–H groups in total. The molecule has 0 aliphatic carbocycles. The van der Waals surface area contributed by atoms with Crippen molar-refractivity contribution in [3.63, 3.8) is 0 Å². The van der Waals surface area contributed by atoms with Crippen LogP contribution < -0.4 is 0 Å². The van der Waals surface area contributed by atoms with Crippen LogP contribution >= 0.6 is 0 Å². The molecule has 13 heteroatoms. The molecular weight excluding hydrogens is 424 g/mol. The largest absolute Gasteiger partial charge is 0.387 e. The lowest BCUT2D eigenvalue weighted by Crippen LogP contribution is -2.78. The van der Waals surface area contributed by atoms with Gasteiger partial charge < -0.3 is 66.4 Å². The average molecular weight is 462 g/mol. The topological polar surface area (TPSA) is 263 Å². The molecular formula is C18H38O13. The van der Waals surface area contributed by atoms with Gasteiger partial charge in [0.05, 0.1) is 0 Å². The highest BCUT2D eigenvalue weighted by atomic mass is 16.8. The summed E-state index contributed by atoms with van der Waals surface area (Å²) in [6.07, 6.45) is 4.36. The second-order valence-electron chi connectivity index (χ2n) is 8.07. The Kier molecular flexibility index (Phi) is 11.9. The van der Waals surface area contributed by atoms with Crippen LogP contribution in [0.4, 0.5) is 0 Å². The van der Waals surface area contributed by atoms with E-state index < -0.39 is 41.8 Å². The molecule has 0 radical (unpaired) electrons. The van der Waals surface area contributed by atoms with Crippen LogP contribution in [0.2, 0.25) is 0 Å². The first-order valence-corrected chi connectivity index (χ1v) is 10.2. The van der Waals surface area contributed by atoms with Gasteiger partial charge in [-0.05, 0) is 12.8 Å². The van der Waals surface area contributed by atoms with Gasteiger partial charge in [0.15, 0.2) is 0 Å². The third-order valence-electron chi connectivity index (χ3n) is 5.17. The van der Waals surface area contributed by atoms with Crippen molar-refractivity contribution in [1.82, 2.24) is 0 Å². The lowest BCUT2D eigenvalue weighted by atomic mass is 9.88. The molecule has 0 aromatic heterocycles. The lowest BCUT2D eigenvalue weighted by molar-refractivity contribution is -0.549. The minimum atomic E-state index is -4.64. The van der Waals surface area contributed by atoms with Crippen LogP contribution in [0.15, 0.2) is 0 Å². The van der Waals surface area contributed by atoms with Gasteiger partial charge in [-0.15, -0.1) is 0 Å². The van der Waals surface area contributed by atoms with E-state index in [4.69, 9.17) is 30.6 Å². The van der Waals surface area contributed by atoms with Crippen LogP contribution in [0, 0.1) is 0 Å². The summed E-state index contributed by atoms with van der Waals surface area (Å²) in [6, 6.07) is 0. The molecule has 0 aliphatic rings. The Morgan fingerprint density at radius 2 is 0.806 bits per heavy atom. The molecule has 0 bridgehead atoms. The minimum absolute atomic E-state index is 0.103. The molecule has 13 nitrogen and oxygen atoms in total. The number of aliphatic hydroxyl groups excluding tert-OH is 1. The first-order chi connectivity index (χ1) is 13.9.